The molecule has 2 aromatic carbocycles. The van der Waals surface area contributed by atoms with Gasteiger partial charge in [-0.1, -0.05) is 18.2 Å². The molecule has 25 heavy (non-hydrogen) atoms. The first-order valence-electron chi connectivity index (χ1n) is 7.71. The number of aromatic carboxylic acids is 1. The van der Waals surface area contributed by atoms with E-state index >= 15 is 0 Å². The van der Waals surface area contributed by atoms with E-state index in [0.29, 0.717) is 23.3 Å². The summed E-state index contributed by atoms with van der Waals surface area (Å²) in [4.78, 5) is 19.7. The lowest BCUT2D eigenvalue weighted by Crippen LogP contribution is -2.21. The summed E-state index contributed by atoms with van der Waals surface area (Å²) in [5, 5.41) is 13.2. The first-order chi connectivity index (χ1) is 12.1. The molecule has 7 nitrogen and oxygen atoms in total. The second-order valence-electron chi connectivity index (χ2n) is 5.43. The Bertz CT molecular complexity index is 896. The van der Waals surface area contributed by atoms with Gasteiger partial charge in [0.05, 0.1) is 24.2 Å². The van der Waals surface area contributed by atoms with Gasteiger partial charge in [-0.3, -0.25) is 0 Å². The van der Waals surface area contributed by atoms with Crippen LogP contribution in [0.2, 0.25) is 0 Å². The molecule has 0 amide bonds. The van der Waals surface area contributed by atoms with Crippen molar-refractivity contribution in [2.24, 2.45) is 5.73 Å². The van der Waals surface area contributed by atoms with Gasteiger partial charge in [0.1, 0.15) is 17.9 Å². The molecular formula is C18H18N4O3. The third kappa shape index (κ3) is 3.36. The smallest absolute Gasteiger partial charge is 0.337 e. The number of para-hydroxylation sites is 1. The number of methoxy groups -OCH3 is 1. The molecule has 0 bridgehead atoms. The highest BCUT2D eigenvalue weighted by molar-refractivity contribution is 6.04. The normalized spacial score (nSPS) is 11.9. The molecule has 0 radical (unpaired) electrons. The third-order valence-corrected chi connectivity index (χ3v) is 3.96. The van der Waals surface area contributed by atoms with Crippen molar-refractivity contribution in [1.29, 1.82) is 0 Å². The molecule has 0 saturated heterocycles. The van der Waals surface area contributed by atoms with Gasteiger partial charge >= 0.3 is 5.97 Å². The molecule has 7 heteroatoms. The van der Waals surface area contributed by atoms with Gasteiger partial charge in [-0.25, -0.2) is 14.8 Å². The summed E-state index contributed by atoms with van der Waals surface area (Å²) in [5.41, 5.74) is 7.41. The summed E-state index contributed by atoms with van der Waals surface area (Å²) in [6.45, 7) is 0.344. The van der Waals surface area contributed by atoms with Crippen LogP contribution in [0.5, 0.6) is 5.75 Å². The van der Waals surface area contributed by atoms with Crippen molar-refractivity contribution in [2.45, 2.75) is 6.04 Å². The summed E-state index contributed by atoms with van der Waals surface area (Å²) < 4.78 is 5.17. The quantitative estimate of drug-likeness (QED) is 0.633. The summed E-state index contributed by atoms with van der Waals surface area (Å²) in [7, 11) is 1.61. The molecule has 3 rings (SSSR count). The highest BCUT2D eigenvalue weighted by Crippen LogP contribution is 2.26. The number of carboxylic acid groups (broad SMARTS) is 1. The predicted molar refractivity (Wildman–Crippen MR) is 94.9 cm³/mol. The van der Waals surface area contributed by atoms with Gasteiger partial charge in [-0.2, -0.15) is 0 Å². The SMILES string of the molecule is COc1ccc(C(CN)Nc2ncnc3c(C(=O)O)cccc23)cc1. The van der Waals surface area contributed by atoms with Crippen LogP contribution >= 0.6 is 0 Å². The molecule has 1 aromatic heterocycles. The van der Waals surface area contributed by atoms with Crippen LogP contribution in [0.4, 0.5) is 5.82 Å². The highest BCUT2D eigenvalue weighted by atomic mass is 16.5. The predicted octanol–water partition coefficient (Wildman–Crippen LogP) is 2.45. The van der Waals surface area contributed by atoms with E-state index in [1.807, 2.05) is 24.3 Å². The van der Waals surface area contributed by atoms with Crippen LogP contribution in [0.3, 0.4) is 0 Å². The van der Waals surface area contributed by atoms with Gasteiger partial charge in [0.2, 0.25) is 0 Å². The fourth-order valence-corrected chi connectivity index (χ4v) is 2.65. The molecule has 1 atom stereocenters. The number of hydrogen-bond acceptors (Lipinski definition) is 6. The maximum absolute atomic E-state index is 11.4. The van der Waals surface area contributed by atoms with Crippen molar-refractivity contribution in [3.8, 4) is 5.75 Å². The molecular weight excluding hydrogens is 320 g/mol. The zero-order valence-electron chi connectivity index (χ0n) is 13.6. The number of anilines is 1. The second kappa shape index (κ2) is 7.14. The standard InChI is InChI=1S/C18H18N4O3/c1-25-12-7-5-11(6-8-12)15(9-19)22-17-13-3-2-4-14(18(23)24)16(13)20-10-21-17/h2-8,10,15H,9,19H2,1H3,(H,23,24)(H,20,21,22). The molecule has 0 fully saturated rings. The number of rotatable bonds is 6. The van der Waals surface area contributed by atoms with E-state index in [-0.39, 0.29) is 11.6 Å². The van der Waals surface area contributed by atoms with Crippen LogP contribution < -0.4 is 15.8 Å². The number of nitrogens with one attached hydrogen (secondary N) is 1. The van der Waals surface area contributed by atoms with E-state index in [1.165, 1.54) is 12.4 Å². The number of nitrogens with two attached hydrogens (primary N) is 1. The number of ether oxygens (including phenoxy) is 1. The Morgan fingerprint density at radius 2 is 2.00 bits per heavy atom. The molecule has 1 unspecified atom stereocenters. The van der Waals surface area contributed by atoms with Gasteiger partial charge in [0.15, 0.2) is 0 Å². The number of benzene rings is 2. The second-order valence-corrected chi connectivity index (χ2v) is 5.43. The molecule has 0 aliphatic heterocycles. The van der Waals surface area contributed by atoms with Gasteiger partial charge in [-0.15, -0.1) is 0 Å². The van der Waals surface area contributed by atoms with Crippen LogP contribution in [0, 0.1) is 0 Å². The van der Waals surface area contributed by atoms with E-state index in [1.54, 1.807) is 19.2 Å². The molecule has 1 heterocycles. The van der Waals surface area contributed by atoms with Crippen molar-refractivity contribution in [3.63, 3.8) is 0 Å². The van der Waals surface area contributed by atoms with Crippen LogP contribution in [0.1, 0.15) is 22.0 Å². The van der Waals surface area contributed by atoms with Crippen LogP contribution in [-0.4, -0.2) is 34.7 Å². The van der Waals surface area contributed by atoms with Gasteiger partial charge in [-0.05, 0) is 29.8 Å². The van der Waals surface area contributed by atoms with Gasteiger partial charge in [0.25, 0.3) is 0 Å². The van der Waals surface area contributed by atoms with Crippen molar-refractivity contribution >= 4 is 22.7 Å². The monoisotopic (exact) mass is 338 g/mol. The largest absolute Gasteiger partial charge is 0.497 e. The maximum atomic E-state index is 11.4. The Hall–Kier alpha value is -3.19. The van der Waals surface area contributed by atoms with Crippen LogP contribution in [0.15, 0.2) is 48.8 Å². The maximum Gasteiger partial charge on any atom is 0.337 e. The number of hydrogen-bond donors (Lipinski definition) is 3. The third-order valence-electron chi connectivity index (χ3n) is 3.96. The van der Waals surface area contributed by atoms with E-state index < -0.39 is 5.97 Å². The van der Waals surface area contributed by atoms with Crippen molar-refractivity contribution < 1.29 is 14.6 Å². The lowest BCUT2D eigenvalue weighted by atomic mass is 10.1. The van der Waals surface area contributed by atoms with Crippen LogP contribution in [0.25, 0.3) is 10.9 Å². The Labute approximate surface area is 144 Å². The minimum atomic E-state index is -1.03. The zero-order chi connectivity index (χ0) is 17.8. The minimum absolute atomic E-state index is 0.136. The molecule has 0 spiro atoms. The average molecular weight is 338 g/mol. The summed E-state index contributed by atoms with van der Waals surface area (Å²) in [6, 6.07) is 12.4. The number of aromatic nitrogens is 2. The number of carbonyl (C=O) groups is 1. The Kier molecular flexibility index (Phi) is 4.76. The minimum Gasteiger partial charge on any atom is -0.497 e. The highest BCUT2D eigenvalue weighted by Gasteiger charge is 2.15. The molecule has 4 N–H and O–H groups in total. The van der Waals surface area contributed by atoms with E-state index in [4.69, 9.17) is 10.5 Å². The zero-order valence-corrected chi connectivity index (χ0v) is 13.6. The number of fused-ring (bicyclic) bond motifs is 1. The van der Waals surface area contributed by atoms with E-state index in [2.05, 4.69) is 15.3 Å². The number of nitrogens with zero attached hydrogens (tertiary/aromatic N) is 2. The van der Waals surface area contributed by atoms with Crippen molar-refractivity contribution in [3.05, 3.63) is 59.9 Å². The summed E-state index contributed by atoms with van der Waals surface area (Å²) in [5.74, 6) is 0.276. The van der Waals surface area contributed by atoms with E-state index in [9.17, 15) is 9.90 Å². The van der Waals surface area contributed by atoms with E-state index in [0.717, 1.165) is 11.3 Å². The lowest BCUT2D eigenvalue weighted by molar-refractivity contribution is 0.0699. The molecule has 0 aliphatic carbocycles. The van der Waals surface area contributed by atoms with Gasteiger partial charge < -0.3 is 20.9 Å². The Morgan fingerprint density at radius 3 is 2.64 bits per heavy atom. The molecule has 3 aromatic rings. The van der Waals surface area contributed by atoms with Gasteiger partial charge in [0, 0.05) is 11.9 Å². The Morgan fingerprint density at radius 1 is 1.24 bits per heavy atom. The van der Waals surface area contributed by atoms with Crippen molar-refractivity contribution in [1.82, 2.24) is 9.97 Å². The molecule has 128 valence electrons. The van der Waals surface area contributed by atoms with Crippen molar-refractivity contribution in [2.75, 3.05) is 19.0 Å². The Balaban J connectivity index is 1.98. The number of carboxylic acids is 1. The molecule has 0 saturated carbocycles. The lowest BCUT2D eigenvalue weighted by Gasteiger charge is -2.19. The average Bonchev–Trinajstić information content (AvgIpc) is 2.65. The fourth-order valence-electron chi connectivity index (χ4n) is 2.65. The first-order valence-corrected chi connectivity index (χ1v) is 7.71. The fraction of sp³-hybridized carbons (Fsp3) is 0.167. The topological polar surface area (TPSA) is 110 Å². The summed E-state index contributed by atoms with van der Waals surface area (Å²) >= 11 is 0. The summed E-state index contributed by atoms with van der Waals surface area (Å²) in [6.07, 6.45) is 1.35. The van der Waals surface area contributed by atoms with Crippen LogP contribution in [-0.2, 0) is 0 Å². The first kappa shape index (κ1) is 16.7. The molecule has 0 aliphatic rings.